The van der Waals surface area contributed by atoms with Crippen LogP contribution in [-0.2, 0) is 14.8 Å². The third kappa shape index (κ3) is 5.30. The summed E-state index contributed by atoms with van der Waals surface area (Å²) in [5.74, 6) is -0.338. The van der Waals surface area contributed by atoms with Gasteiger partial charge in [-0.3, -0.25) is 4.79 Å². The summed E-state index contributed by atoms with van der Waals surface area (Å²) in [5.41, 5.74) is 0. The van der Waals surface area contributed by atoms with Gasteiger partial charge in [0, 0.05) is 10.5 Å². The number of halogens is 1. The molecule has 0 saturated carbocycles. The highest BCUT2D eigenvalue weighted by atomic mass is 79.9. The van der Waals surface area contributed by atoms with Gasteiger partial charge in [-0.1, -0.05) is 22.9 Å². The summed E-state index contributed by atoms with van der Waals surface area (Å²) in [6.07, 6.45) is 0.797. The Balaban J connectivity index is 2.61. The van der Waals surface area contributed by atoms with Crippen molar-refractivity contribution >= 4 is 31.9 Å². The lowest BCUT2D eigenvalue weighted by molar-refractivity contribution is -0.120. The third-order valence-electron chi connectivity index (χ3n) is 2.57. The van der Waals surface area contributed by atoms with Gasteiger partial charge in [-0.2, -0.15) is 0 Å². The van der Waals surface area contributed by atoms with Crippen LogP contribution in [0.4, 0.5) is 0 Å². The van der Waals surface area contributed by atoms with Crippen LogP contribution in [0.15, 0.2) is 33.6 Å². The predicted octanol–water partition coefficient (Wildman–Crippen LogP) is 1.64. The summed E-state index contributed by atoms with van der Waals surface area (Å²) < 4.78 is 26.9. The van der Waals surface area contributed by atoms with E-state index in [0.29, 0.717) is 0 Å². The number of nitrogens with one attached hydrogen (secondary N) is 2. The third-order valence-corrected chi connectivity index (χ3v) is 4.51. The Morgan fingerprint density at radius 3 is 2.42 bits per heavy atom. The average molecular weight is 349 g/mol. The normalized spacial score (nSPS) is 13.0. The van der Waals surface area contributed by atoms with E-state index in [1.54, 1.807) is 12.1 Å². The molecule has 2 N–H and O–H groups in total. The van der Waals surface area contributed by atoms with Gasteiger partial charge in [0.15, 0.2) is 0 Å². The SMILES string of the molecule is CC[C@@H](C)NC(=O)CNS(=O)(=O)c1ccc(Br)cc1. The first-order valence-electron chi connectivity index (χ1n) is 5.89. The van der Waals surface area contributed by atoms with E-state index in [4.69, 9.17) is 0 Å². The zero-order valence-corrected chi connectivity index (χ0v) is 13.2. The van der Waals surface area contributed by atoms with Crippen LogP contribution in [-0.4, -0.2) is 26.9 Å². The summed E-state index contributed by atoms with van der Waals surface area (Å²) >= 11 is 3.23. The van der Waals surface area contributed by atoms with Gasteiger partial charge in [0.25, 0.3) is 0 Å². The summed E-state index contributed by atoms with van der Waals surface area (Å²) in [6, 6.07) is 6.24. The highest BCUT2D eigenvalue weighted by Gasteiger charge is 2.15. The molecule has 0 saturated heterocycles. The molecule has 0 aliphatic carbocycles. The van der Waals surface area contributed by atoms with E-state index in [1.807, 2.05) is 13.8 Å². The van der Waals surface area contributed by atoms with Crippen LogP contribution in [0.1, 0.15) is 20.3 Å². The van der Waals surface area contributed by atoms with E-state index in [0.717, 1.165) is 10.9 Å². The van der Waals surface area contributed by atoms with Crippen LogP contribution in [0, 0.1) is 0 Å². The molecule has 106 valence electrons. The molecule has 0 aromatic heterocycles. The first kappa shape index (κ1) is 16.1. The minimum absolute atomic E-state index is 0.0321. The zero-order valence-electron chi connectivity index (χ0n) is 10.8. The second-order valence-electron chi connectivity index (χ2n) is 4.16. The van der Waals surface area contributed by atoms with Gasteiger partial charge >= 0.3 is 0 Å². The maximum Gasteiger partial charge on any atom is 0.241 e. The number of carbonyl (C=O) groups excluding carboxylic acids is 1. The van der Waals surface area contributed by atoms with Crippen LogP contribution < -0.4 is 10.0 Å². The van der Waals surface area contributed by atoms with E-state index >= 15 is 0 Å². The standard InChI is InChI=1S/C12H17BrN2O3S/c1-3-9(2)15-12(16)8-14-19(17,18)11-6-4-10(13)5-7-11/h4-7,9,14H,3,8H2,1-2H3,(H,15,16)/t9-/m1/s1. The largest absolute Gasteiger partial charge is 0.353 e. The molecule has 1 aromatic carbocycles. The second kappa shape index (κ2) is 7.02. The Morgan fingerprint density at radius 2 is 1.89 bits per heavy atom. The fraction of sp³-hybridized carbons (Fsp3) is 0.417. The Kier molecular flexibility index (Phi) is 5.96. The Morgan fingerprint density at radius 1 is 1.32 bits per heavy atom. The Labute approximate surface area is 122 Å². The summed E-state index contributed by atoms with van der Waals surface area (Å²) in [4.78, 5) is 11.6. The van der Waals surface area contributed by atoms with E-state index in [9.17, 15) is 13.2 Å². The van der Waals surface area contributed by atoms with Gasteiger partial charge in [-0.25, -0.2) is 13.1 Å². The first-order chi connectivity index (χ1) is 8.85. The smallest absolute Gasteiger partial charge is 0.241 e. The number of benzene rings is 1. The van der Waals surface area contributed by atoms with Gasteiger partial charge in [-0.05, 0) is 37.6 Å². The van der Waals surface area contributed by atoms with E-state index in [2.05, 4.69) is 26.0 Å². The van der Waals surface area contributed by atoms with E-state index in [-0.39, 0.29) is 23.4 Å². The lowest BCUT2D eigenvalue weighted by atomic mass is 10.2. The minimum Gasteiger partial charge on any atom is -0.353 e. The number of carbonyl (C=O) groups is 1. The molecule has 0 radical (unpaired) electrons. The molecular weight excluding hydrogens is 332 g/mol. The van der Waals surface area contributed by atoms with E-state index in [1.165, 1.54) is 12.1 Å². The highest BCUT2D eigenvalue weighted by Crippen LogP contribution is 2.14. The fourth-order valence-electron chi connectivity index (χ4n) is 1.29. The molecule has 0 heterocycles. The van der Waals surface area contributed by atoms with Crippen LogP contribution >= 0.6 is 15.9 Å². The van der Waals surface area contributed by atoms with Crippen molar-refractivity contribution in [3.05, 3.63) is 28.7 Å². The van der Waals surface area contributed by atoms with Gasteiger partial charge < -0.3 is 5.32 Å². The Bertz CT molecular complexity index is 528. The topological polar surface area (TPSA) is 75.3 Å². The van der Waals surface area contributed by atoms with Crippen molar-refractivity contribution < 1.29 is 13.2 Å². The molecule has 0 aliphatic heterocycles. The molecule has 7 heteroatoms. The van der Waals surface area contributed by atoms with Crippen molar-refractivity contribution in [2.75, 3.05) is 6.54 Å². The number of amides is 1. The van der Waals surface area contributed by atoms with Gasteiger partial charge in [-0.15, -0.1) is 0 Å². The highest BCUT2D eigenvalue weighted by molar-refractivity contribution is 9.10. The summed E-state index contributed by atoms with van der Waals surface area (Å²) in [6.45, 7) is 3.54. The number of sulfonamides is 1. The molecule has 1 aromatic rings. The lowest BCUT2D eigenvalue weighted by Gasteiger charge is -2.12. The van der Waals surface area contributed by atoms with Crippen LogP contribution in [0.2, 0.25) is 0 Å². The maximum atomic E-state index is 11.9. The van der Waals surface area contributed by atoms with Gasteiger partial charge in [0.2, 0.25) is 15.9 Å². The zero-order chi connectivity index (χ0) is 14.5. The van der Waals surface area contributed by atoms with Gasteiger partial charge in [0.05, 0.1) is 11.4 Å². The lowest BCUT2D eigenvalue weighted by Crippen LogP contribution is -2.40. The molecule has 1 amide bonds. The van der Waals surface area contributed by atoms with Gasteiger partial charge in [0.1, 0.15) is 0 Å². The van der Waals surface area contributed by atoms with Crippen molar-refractivity contribution in [3.8, 4) is 0 Å². The van der Waals surface area contributed by atoms with E-state index < -0.39 is 10.0 Å². The van der Waals surface area contributed by atoms with Crippen LogP contribution in [0.25, 0.3) is 0 Å². The molecular formula is C12H17BrN2O3S. The monoisotopic (exact) mass is 348 g/mol. The van der Waals surface area contributed by atoms with Crippen molar-refractivity contribution in [3.63, 3.8) is 0 Å². The second-order valence-corrected chi connectivity index (χ2v) is 6.84. The van der Waals surface area contributed by atoms with Crippen molar-refractivity contribution in [2.45, 2.75) is 31.2 Å². The van der Waals surface area contributed by atoms with Crippen molar-refractivity contribution in [2.24, 2.45) is 0 Å². The molecule has 5 nitrogen and oxygen atoms in total. The molecule has 1 atom stereocenters. The maximum absolute atomic E-state index is 11.9. The van der Waals surface area contributed by atoms with Crippen molar-refractivity contribution in [1.82, 2.24) is 10.0 Å². The first-order valence-corrected chi connectivity index (χ1v) is 8.17. The minimum atomic E-state index is -3.65. The Hall–Kier alpha value is -0.920. The molecule has 0 aliphatic rings. The fourth-order valence-corrected chi connectivity index (χ4v) is 2.53. The quantitative estimate of drug-likeness (QED) is 0.820. The van der Waals surface area contributed by atoms with Crippen LogP contribution in [0.3, 0.4) is 0 Å². The number of hydrogen-bond donors (Lipinski definition) is 2. The summed E-state index contributed by atoms with van der Waals surface area (Å²) in [7, 11) is -3.65. The predicted molar refractivity (Wildman–Crippen MR) is 77.2 cm³/mol. The molecule has 0 spiro atoms. The molecule has 0 fully saturated rings. The van der Waals surface area contributed by atoms with Crippen molar-refractivity contribution in [1.29, 1.82) is 0 Å². The molecule has 0 bridgehead atoms. The summed E-state index contributed by atoms with van der Waals surface area (Å²) in [5, 5.41) is 2.69. The molecule has 1 rings (SSSR count). The molecule has 0 unspecified atom stereocenters. The van der Waals surface area contributed by atoms with Crippen LogP contribution in [0.5, 0.6) is 0 Å². The molecule has 19 heavy (non-hydrogen) atoms. The number of hydrogen-bond acceptors (Lipinski definition) is 3. The number of rotatable bonds is 6. The average Bonchev–Trinajstić information content (AvgIpc) is 2.37.